The zero-order chi connectivity index (χ0) is 19.1. The van der Waals surface area contributed by atoms with Gasteiger partial charge in [-0.05, 0) is 36.4 Å². The number of hydrogen-bond acceptors (Lipinski definition) is 4. The van der Waals surface area contributed by atoms with Crippen LogP contribution in [0.3, 0.4) is 0 Å². The van der Waals surface area contributed by atoms with Gasteiger partial charge in [0.15, 0.2) is 5.71 Å². The second kappa shape index (κ2) is 6.25. The van der Waals surface area contributed by atoms with Crippen molar-refractivity contribution in [2.45, 2.75) is 0 Å². The van der Waals surface area contributed by atoms with Crippen molar-refractivity contribution in [2.24, 2.45) is 5.10 Å². The van der Waals surface area contributed by atoms with Crippen LogP contribution in [0.1, 0.15) is 11.3 Å². The van der Waals surface area contributed by atoms with Gasteiger partial charge in [-0.2, -0.15) is 6.57 Å². The Morgan fingerprint density at radius 3 is 2.32 bits per heavy atom. The molecule has 6 heteroatoms. The fourth-order valence-electron chi connectivity index (χ4n) is 3.26. The van der Waals surface area contributed by atoms with E-state index >= 15 is 0 Å². The van der Waals surface area contributed by atoms with Gasteiger partial charge in [0.2, 0.25) is 0 Å². The maximum Gasteiger partial charge on any atom is 0.181 e. The Kier molecular flexibility index (Phi) is 3.59. The van der Waals surface area contributed by atoms with Gasteiger partial charge >= 0.3 is 0 Å². The SMILES string of the molecule is [C-]#[N+]/N=C1/c2ccccc2-c2nc3cc(Oc4ccc(F)cc4)ccc3nc21. The first-order chi connectivity index (χ1) is 13.7. The number of nitrogens with zero attached hydrogens (tertiary/aromatic N) is 4. The van der Waals surface area contributed by atoms with Gasteiger partial charge in [0.1, 0.15) is 23.0 Å². The van der Waals surface area contributed by atoms with Crippen LogP contribution in [0.25, 0.3) is 27.2 Å². The second-order valence-corrected chi connectivity index (χ2v) is 6.22. The van der Waals surface area contributed by atoms with Crippen molar-refractivity contribution in [3.63, 3.8) is 0 Å². The number of benzene rings is 3. The molecule has 4 aromatic rings. The first-order valence-corrected chi connectivity index (χ1v) is 8.53. The molecule has 1 heterocycles. The van der Waals surface area contributed by atoms with E-state index in [0.717, 1.165) is 11.1 Å². The van der Waals surface area contributed by atoms with Crippen molar-refractivity contribution in [3.05, 3.63) is 95.3 Å². The van der Waals surface area contributed by atoms with Crippen LogP contribution in [0.2, 0.25) is 0 Å². The molecule has 0 N–H and O–H groups in total. The third-order valence-corrected chi connectivity index (χ3v) is 4.50. The molecular formula is C22H11FN4O. The van der Waals surface area contributed by atoms with E-state index < -0.39 is 0 Å². The lowest BCUT2D eigenvalue weighted by atomic mass is 10.1. The largest absolute Gasteiger partial charge is 0.457 e. The highest BCUT2D eigenvalue weighted by atomic mass is 19.1. The number of hydrogen-bond donors (Lipinski definition) is 0. The quantitative estimate of drug-likeness (QED) is 0.318. The predicted molar refractivity (Wildman–Crippen MR) is 104 cm³/mol. The van der Waals surface area contributed by atoms with E-state index in [1.807, 2.05) is 24.3 Å². The van der Waals surface area contributed by atoms with Gasteiger partial charge < -0.3 is 4.74 Å². The lowest BCUT2D eigenvalue weighted by Gasteiger charge is -2.07. The monoisotopic (exact) mass is 366 g/mol. The molecule has 1 aromatic heterocycles. The van der Waals surface area contributed by atoms with E-state index in [9.17, 15) is 4.39 Å². The Labute approximate surface area is 159 Å². The van der Waals surface area contributed by atoms with Crippen LogP contribution in [0.4, 0.5) is 4.39 Å². The summed E-state index contributed by atoms with van der Waals surface area (Å²) in [6, 6.07) is 18.9. The molecule has 0 atom stereocenters. The third kappa shape index (κ3) is 2.58. The molecule has 0 bridgehead atoms. The summed E-state index contributed by atoms with van der Waals surface area (Å²) in [6.45, 7) is 7.11. The van der Waals surface area contributed by atoms with Gasteiger partial charge in [0, 0.05) is 17.2 Å². The number of rotatable bonds is 2. The molecule has 0 saturated carbocycles. The Balaban J connectivity index is 1.62. The Morgan fingerprint density at radius 2 is 1.54 bits per heavy atom. The van der Waals surface area contributed by atoms with Crippen LogP contribution < -0.4 is 4.74 Å². The molecule has 3 aromatic carbocycles. The summed E-state index contributed by atoms with van der Waals surface area (Å²) in [6.07, 6.45) is 0. The molecule has 0 radical (unpaired) electrons. The molecule has 0 fully saturated rings. The fraction of sp³-hybridized carbons (Fsp3) is 0. The summed E-state index contributed by atoms with van der Waals surface area (Å²) in [5.41, 5.74) is 4.95. The van der Waals surface area contributed by atoms with Gasteiger partial charge in [0.05, 0.1) is 21.8 Å². The minimum atomic E-state index is -0.317. The summed E-state index contributed by atoms with van der Waals surface area (Å²) in [4.78, 5) is 12.6. The summed E-state index contributed by atoms with van der Waals surface area (Å²) >= 11 is 0. The number of ether oxygens (including phenoxy) is 1. The normalized spacial score (nSPS) is 13.2. The first kappa shape index (κ1) is 16.1. The summed E-state index contributed by atoms with van der Waals surface area (Å²) in [5, 5.41) is 3.94. The average molecular weight is 366 g/mol. The minimum Gasteiger partial charge on any atom is -0.457 e. The van der Waals surface area contributed by atoms with E-state index in [1.54, 1.807) is 30.3 Å². The molecule has 5 rings (SSSR count). The van der Waals surface area contributed by atoms with Gasteiger partial charge in [-0.3, -0.25) is 0 Å². The van der Waals surface area contributed by atoms with Crippen molar-refractivity contribution in [3.8, 4) is 22.8 Å². The van der Waals surface area contributed by atoms with Crippen molar-refractivity contribution < 1.29 is 9.13 Å². The number of fused-ring (bicyclic) bond motifs is 4. The first-order valence-electron chi connectivity index (χ1n) is 8.53. The zero-order valence-electron chi connectivity index (χ0n) is 14.4. The molecule has 28 heavy (non-hydrogen) atoms. The van der Waals surface area contributed by atoms with E-state index in [0.29, 0.717) is 39.6 Å². The van der Waals surface area contributed by atoms with E-state index in [2.05, 4.69) is 15.0 Å². The Morgan fingerprint density at radius 1 is 0.821 bits per heavy atom. The summed E-state index contributed by atoms with van der Waals surface area (Å²) < 4.78 is 18.9. The smallest absolute Gasteiger partial charge is 0.181 e. The van der Waals surface area contributed by atoms with Gasteiger partial charge in [-0.25, -0.2) is 14.4 Å². The minimum absolute atomic E-state index is 0.317. The molecule has 1 aliphatic carbocycles. The van der Waals surface area contributed by atoms with Gasteiger partial charge in [0.25, 0.3) is 0 Å². The molecule has 132 valence electrons. The maximum atomic E-state index is 13.1. The summed E-state index contributed by atoms with van der Waals surface area (Å²) in [5.74, 6) is 0.796. The van der Waals surface area contributed by atoms with Crippen molar-refractivity contribution >= 4 is 16.7 Å². The third-order valence-electron chi connectivity index (χ3n) is 4.50. The van der Waals surface area contributed by atoms with Gasteiger partial charge in [-0.1, -0.05) is 24.3 Å². The van der Waals surface area contributed by atoms with Crippen molar-refractivity contribution in [1.29, 1.82) is 0 Å². The lowest BCUT2D eigenvalue weighted by Crippen LogP contribution is -2.01. The predicted octanol–water partition coefficient (Wildman–Crippen LogP) is 5.21. The molecular weight excluding hydrogens is 355 g/mol. The number of halogens is 1. The zero-order valence-corrected chi connectivity index (χ0v) is 14.4. The highest BCUT2D eigenvalue weighted by molar-refractivity contribution is 6.23. The molecule has 5 nitrogen and oxygen atoms in total. The van der Waals surface area contributed by atoms with Crippen molar-refractivity contribution in [1.82, 2.24) is 9.97 Å². The Hall–Kier alpha value is -4.11. The average Bonchev–Trinajstić information content (AvgIpc) is 3.02. The molecule has 0 saturated heterocycles. The Bertz CT molecular complexity index is 1310. The molecule has 1 aliphatic rings. The topological polar surface area (TPSA) is 51.7 Å². The fourth-order valence-corrected chi connectivity index (χ4v) is 3.26. The number of aromatic nitrogens is 2. The van der Waals surface area contributed by atoms with Crippen molar-refractivity contribution in [2.75, 3.05) is 0 Å². The molecule has 0 spiro atoms. The highest BCUT2D eigenvalue weighted by Gasteiger charge is 2.30. The van der Waals surface area contributed by atoms with Crippen LogP contribution in [-0.4, -0.2) is 15.7 Å². The van der Waals surface area contributed by atoms with E-state index in [-0.39, 0.29) is 5.82 Å². The highest BCUT2D eigenvalue weighted by Crippen LogP contribution is 2.36. The lowest BCUT2D eigenvalue weighted by molar-refractivity contribution is 0.481. The van der Waals surface area contributed by atoms with Crippen LogP contribution in [0.15, 0.2) is 71.8 Å². The van der Waals surface area contributed by atoms with Gasteiger partial charge in [-0.15, -0.1) is 4.95 Å². The van der Waals surface area contributed by atoms with Crippen LogP contribution in [0.5, 0.6) is 11.5 Å². The molecule has 0 aliphatic heterocycles. The second-order valence-electron chi connectivity index (χ2n) is 6.22. The standard InChI is InChI=1S/C22H11FN4O/c1-24-27-21-17-5-3-2-4-16(17)20-22(21)25-18-11-10-15(12-19(18)26-20)28-14-8-6-13(23)7-9-14/h2-12H/b27-21-. The molecule has 0 amide bonds. The van der Waals surface area contributed by atoms with E-state index in [4.69, 9.17) is 16.3 Å². The molecule has 0 unspecified atom stereocenters. The van der Waals surface area contributed by atoms with Crippen LogP contribution in [0, 0.1) is 12.4 Å². The van der Waals surface area contributed by atoms with Crippen LogP contribution in [-0.2, 0) is 0 Å². The summed E-state index contributed by atoms with van der Waals surface area (Å²) in [7, 11) is 0. The maximum absolute atomic E-state index is 13.1. The van der Waals surface area contributed by atoms with Crippen LogP contribution >= 0.6 is 0 Å². The van der Waals surface area contributed by atoms with E-state index in [1.165, 1.54) is 12.1 Å².